The van der Waals surface area contributed by atoms with E-state index in [9.17, 15) is 10.1 Å². The van der Waals surface area contributed by atoms with E-state index in [1.54, 1.807) is 35.8 Å². The number of rotatable bonds is 2. The minimum Gasteiger partial charge on any atom is -0.250 e. The second kappa shape index (κ2) is 4.49. The fourth-order valence-corrected chi connectivity index (χ4v) is 1.02. The number of benzene rings is 1. The summed E-state index contributed by atoms with van der Waals surface area (Å²) in [4.78, 5) is 10.1. The second-order valence-electron chi connectivity index (χ2n) is 2.38. The molecule has 74 valence electrons. The minimum atomic E-state index is -0.759. The molecule has 7 heteroatoms. The maximum absolute atomic E-state index is 10.1. The van der Waals surface area contributed by atoms with E-state index >= 15 is 0 Å². The lowest BCUT2D eigenvalue weighted by atomic mass is 10.3. The zero-order valence-corrected chi connectivity index (χ0v) is 7.90. The summed E-state index contributed by atoms with van der Waals surface area (Å²) in [5.41, 5.74) is 2.37. The van der Waals surface area contributed by atoms with Gasteiger partial charge in [0, 0.05) is 0 Å². The maximum atomic E-state index is 10.1. The van der Waals surface area contributed by atoms with Gasteiger partial charge in [-0.25, -0.2) is 16.0 Å². The number of para-hydroxylation sites is 1. The van der Waals surface area contributed by atoms with Crippen molar-refractivity contribution in [1.29, 1.82) is 0 Å². The Hall–Kier alpha value is -1.73. The normalized spacial score (nSPS) is 9.21. The second-order valence-corrected chi connectivity index (χ2v) is 2.77. The Morgan fingerprint density at radius 1 is 1.50 bits per heavy atom. The van der Waals surface area contributed by atoms with Gasteiger partial charge in [-0.1, -0.05) is 23.6 Å². The molecular weight excluding hydrogens is 204 g/mol. The highest BCUT2D eigenvalue weighted by Gasteiger charge is 2.10. The Morgan fingerprint density at radius 2 is 2.07 bits per heavy atom. The lowest BCUT2D eigenvalue weighted by molar-refractivity contribution is -0.524. The quantitative estimate of drug-likeness (QED) is 0.320. The molecule has 0 amide bonds. The molecule has 0 saturated heterocycles. The van der Waals surface area contributed by atoms with Crippen LogP contribution in [0.2, 0.25) is 0 Å². The van der Waals surface area contributed by atoms with Crippen LogP contribution in [0.5, 0.6) is 0 Å². The largest absolute Gasteiger partial charge is 0.251 e. The monoisotopic (exact) mass is 212 g/mol. The van der Waals surface area contributed by atoms with Gasteiger partial charge < -0.3 is 0 Å². The van der Waals surface area contributed by atoms with E-state index in [1.165, 1.54) is 0 Å². The van der Waals surface area contributed by atoms with Crippen molar-refractivity contribution >= 4 is 23.0 Å². The first-order valence-electron chi connectivity index (χ1n) is 3.66. The number of hydrazine groups is 2. The van der Waals surface area contributed by atoms with Gasteiger partial charge in [-0.3, -0.25) is 5.01 Å². The van der Waals surface area contributed by atoms with Crippen LogP contribution in [0.1, 0.15) is 0 Å². The zero-order chi connectivity index (χ0) is 10.6. The van der Waals surface area contributed by atoms with Gasteiger partial charge in [0.05, 0.1) is 5.69 Å². The highest BCUT2D eigenvalue weighted by molar-refractivity contribution is 7.80. The molecule has 1 aromatic rings. The summed E-state index contributed by atoms with van der Waals surface area (Å²) in [6.45, 7) is 0. The summed E-state index contributed by atoms with van der Waals surface area (Å²) in [6, 6.07) is 8.69. The van der Waals surface area contributed by atoms with Crippen molar-refractivity contribution in [2.45, 2.75) is 0 Å². The number of nitro groups is 1. The molecule has 14 heavy (non-hydrogen) atoms. The molecule has 0 fully saturated rings. The number of nitrogens with two attached hydrogens (primary N) is 1. The Morgan fingerprint density at radius 3 is 2.57 bits per heavy atom. The maximum Gasteiger partial charge on any atom is 0.251 e. The van der Waals surface area contributed by atoms with E-state index in [1.807, 2.05) is 0 Å². The van der Waals surface area contributed by atoms with Crippen LogP contribution < -0.4 is 16.3 Å². The summed E-state index contributed by atoms with van der Waals surface area (Å²) in [6.07, 6.45) is 0. The van der Waals surface area contributed by atoms with Gasteiger partial charge in [-0.15, -0.1) is 0 Å². The van der Waals surface area contributed by atoms with Crippen molar-refractivity contribution in [1.82, 2.24) is 5.43 Å². The van der Waals surface area contributed by atoms with Crippen LogP contribution in [0.15, 0.2) is 30.3 Å². The van der Waals surface area contributed by atoms with E-state index < -0.39 is 5.03 Å². The molecule has 1 aromatic carbocycles. The van der Waals surface area contributed by atoms with Crippen molar-refractivity contribution in [3.63, 3.8) is 0 Å². The molecule has 0 atom stereocenters. The van der Waals surface area contributed by atoms with Crippen LogP contribution in [0, 0.1) is 10.1 Å². The third-order valence-corrected chi connectivity index (χ3v) is 1.73. The van der Waals surface area contributed by atoms with Gasteiger partial charge in [0.25, 0.3) is 5.11 Å². The lowest BCUT2D eigenvalue weighted by Crippen LogP contribution is -2.46. The molecule has 0 radical (unpaired) electrons. The van der Waals surface area contributed by atoms with Crippen molar-refractivity contribution in [2.24, 2.45) is 5.84 Å². The molecule has 0 aliphatic heterocycles. The van der Waals surface area contributed by atoms with E-state index in [-0.39, 0.29) is 5.11 Å². The predicted molar refractivity (Wildman–Crippen MR) is 55.8 cm³/mol. The van der Waals surface area contributed by atoms with Crippen LogP contribution in [0.4, 0.5) is 5.69 Å². The smallest absolute Gasteiger partial charge is 0.250 e. The fourth-order valence-electron chi connectivity index (χ4n) is 0.838. The molecule has 0 aliphatic rings. The number of hydrogen-bond donors (Lipinski definition) is 2. The van der Waals surface area contributed by atoms with Gasteiger partial charge in [0.2, 0.25) is 0 Å². The molecule has 0 aliphatic carbocycles. The first-order valence-corrected chi connectivity index (χ1v) is 4.07. The van der Waals surface area contributed by atoms with Crippen molar-refractivity contribution in [3.8, 4) is 0 Å². The first-order chi connectivity index (χ1) is 6.61. The molecular formula is C7H8N4O2S. The van der Waals surface area contributed by atoms with Gasteiger partial charge in [0.1, 0.15) is 0 Å². The topological polar surface area (TPSA) is 84.4 Å². The van der Waals surface area contributed by atoms with Crippen LogP contribution in [0.25, 0.3) is 0 Å². The van der Waals surface area contributed by atoms with Crippen LogP contribution >= 0.6 is 12.2 Å². The third kappa shape index (κ3) is 2.64. The Balaban J connectivity index is 2.71. The van der Waals surface area contributed by atoms with E-state index in [2.05, 4.69) is 12.2 Å². The van der Waals surface area contributed by atoms with E-state index in [0.717, 1.165) is 5.01 Å². The number of anilines is 1. The first kappa shape index (κ1) is 10.4. The van der Waals surface area contributed by atoms with Gasteiger partial charge in [0.15, 0.2) is 5.03 Å². The number of hydrogen-bond acceptors (Lipinski definition) is 4. The van der Waals surface area contributed by atoms with E-state index in [0.29, 0.717) is 5.69 Å². The standard InChI is InChI=1S/C7H8N4O2S/c8-10(7(14)9-11(12)13)6-4-2-1-3-5-6/h1-5H,8H2,(H,9,14). The third-order valence-electron chi connectivity index (χ3n) is 1.44. The average Bonchev–Trinajstić information content (AvgIpc) is 2.17. The number of thiocarbonyl (C=S) groups is 1. The molecule has 1 rings (SSSR count). The molecule has 0 spiro atoms. The van der Waals surface area contributed by atoms with Crippen LogP contribution in [-0.2, 0) is 0 Å². The zero-order valence-electron chi connectivity index (χ0n) is 7.08. The molecule has 0 bridgehead atoms. The Bertz CT molecular complexity index is 343. The fraction of sp³-hybridized carbons (Fsp3) is 0. The summed E-state index contributed by atoms with van der Waals surface area (Å²) in [5.74, 6) is 5.51. The molecule has 0 saturated carbocycles. The number of nitrogens with one attached hydrogen (secondary N) is 1. The lowest BCUT2D eigenvalue weighted by Gasteiger charge is -2.16. The van der Waals surface area contributed by atoms with Crippen molar-refractivity contribution in [2.75, 3.05) is 5.01 Å². The van der Waals surface area contributed by atoms with Gasteiger partial charge in [-0.05, 0) is 24.4 Å². The minimum absolute atomic E-state index is 0.166. The summed E-state index contributed by atoms with van der Waals surface area (Å²) in [7, 11) is 0. The van der Waals surface area contributed by atoms with Crippen molar-refractivity contribution in [3.05, 3.63) is 40.4 Å². The van der Waals surface area contributed by atoms with Crippen LogP contribution in [0.3, 0.4) is 0 Å². The van der Waals surface area contributed by atoms with Gasteiger partial charge in [-0.2, -0.15) is 0 Å². The molecule has 3 N–H and O–H groups in total. The highest BCUT2D eigenvalue weighted by Crippen LogP contribution is 2.08. The summed E-state index contributed by atoms with van der Waals surface area (Å²) in [5, 5.41) is 10.2. The SMILES string of the molecule is NN(C(=S)N[N+](=O)[O-])c1ccccc1. The summed E-state index contributed by atoms with van der Waals surface area (Å²) >= 11 is 4.68. The average molecular weight is 212 g/mol. The van der Waals surface area contributed by atoms with Crippen molar-refractivity contribution < 1.29 is 5.03 Å². The molecule has 0 aromatic heterocycles. The molecule has 0 unspecified atom stereocenters. The molecule has 6 nitrogen and oxygen atoms in total. The summed E-state index contributed by atoms with van der Waals surface area (Å²) < 4.78 is 0. The Labute approximate surface area is 85.4 Å². The predicted octanol–water partition coefficient (Wildman–Crippen LogP) is 0.433. The van der Waals surface area contributed by atoms with Crippen LogP contribution in [-0.4, -0.2) is 10.1 Å². The van der Waals surface area contributed by atoms with E-state index in [4.69, 9.17) is 5.84 Å². The highest BCUT2D eigenvalue weighted by atomic mass is 32.1. The Kier molecular flexibility index (Phi) is 3.32. The molecule has 0 heterocycles. The van der Waals surface area contributed by atoms with Gasteiger partial charge >= 0.3 is 0 Å². The number of nitrogens with zero attached hydrogens (tertiary/aromatic N) is 2.